The van der Waals surface area contributed by atoms with Crippen LogP contribution in [0.2, 0.25) is 0 Å². The largest absolute Gasteiger partial charge is 0.390 e. The lowest BCUT2D eigenvalue weighted by Gasteiger charge is -2.45. The molecule has 0 radical (unpaired) electrons. The third kappa shape index (κ3) is 4.97. The van der Waals surface area contributed by atoms with E-state index in [2.05, 4.69) is 53.5 Å². The molecule has 3 aromatic rings. The fourth-order valence-electron chi connectivity index (χ4n) is 5.49. The molecular weight excluding hydrogens is 408 g/mol. The van der Waals surface area contributed by atoms with Crippen LogP contribution in [-0.2, 0) is 0 Å². The number of rotatable bonds is 9. The van der Waals surface area contributed by atoms with Crippen molar-refractivity contribution in [2.45, 2.75) is 62.6 Å². The van der Waals surface area contributed by atoms with E-state index in [0.29, 0.717) is 30.4 Å². The first-order valence-electron chi connectivity index (χ1n) is 12.4. The summed E-state index contributed by atoms with van der Waals surface area (Å²) in [5.41, 5.74) is 1.45. The minimum absolute atomic E-state index is 0.0478. The predicted octanol–water partition coefficient (Wildman–Crippen LogP) is 5.12. The number of nitrogens with one attached hydrogen (secondary N) is 1. The van der Waals surface area contributed by atoms with Crippen LogP contribution in [0.25, 0.3) is 10.8 Å². The zero-order chi connectivity index (χ0) is 22.8. The summed E-state index contributed by atoms with van der Waals surface area (Å²) in [6, 6.07) is 25.3. The zero-order valence-corrected chi connectivity index (χ0v) is 19.4. The molecule has 3 aromatic carbocycles. The van der Waals surface area contributed by atoms with Crippen LogP contribution in [0.3, 0.4) is 0 Å². The molecule has 0 aromatic heterocycles. The van der Waals surface area contributed by atoms with E-state index in [1.54, 1.807) is 0 Å². The molecule has 2 aliphatic carbocycles. The molecular formula is C29H34N2O2. The summed E-state index contributed by atoms with van der Waals surface area (Å²) in [5, 5.41) is 16.3. The van der Waals surface area contributed by atoms with Gasteiger partial charge in [-0.1, -0.05) is 67.6 Å². The third-order valence-corrected chi connectivity index (χ3v) is 7.43. The second kappa shape index (κ2) is 9.28. The minimum Gasteiger partial charge on any atom is -0.390 e. The van der Waals surface area contributed by atoms with Gasteiger partial charge in [0.05, 0.1) is 5.60 Å². The van der Waals surface area contributed by atoms with Crippen LogP contribution in [0.4, 0.5) is 0 Å². The molecule has 1 amide bonds. The number of amides is 1. The fraction of sp³-hybridized carbons (Fsp3) is 0.414. The van der Waals surface area contributed by atoms with Crippen molar-refractivity contribution in [3.8, 4) is 0 Å². The van der Waals surface area contributed by atoms with Crippen molar-refractivity contribution in [2.24, 2.45) is 0 Å². The topological polar surface area (TPSA) is 52.6 Å². The Kier molecular flexibility index (Phi) is 6.22. The van der Waals surface area contributed by atoms with Gasteiger partial charge in [-0.2, -0.15) is 0 Å². The quantitative estimate of drug-likeness (QED) is 0.484. The molecule has 0 saturated heterocycles. The van der Waals surface area contributed by atoms with Crippen LogP contribution in [0.1, 0.15) is 60.9 Å². The van der Waals surface area contributed by atoms with Crippen molar-refractivity contribution in [3.05, 3.63) is 83.9 Å². The van der Waals surface area contributed by atoms with Crippen molar-refractivity contribution in [1.82, 2.24) is 10.2 Å². The summed E-state index contributed by atoms with van der Waals surface area (Å²) < 4.78 is 0. The Hall–Kier alpha value is -2.69. The van der Waals surface area contributed by atoms with E-state index in [1.165, 1.54) is 12.0 Å². The highest BCUT2D eigenvalue weighted by molar-refractivity contribution is 5.98. The van der Waals surface area contributed by atoms with E-state index >= 15 is 0 Å². The van der Waals surface area contributed by atoms with Crippen molar-refractivity contribution in [3.63, 3.8) is 0 Å². The number of carbonyl (C=O) groups excluding carboxylic acids is 1. The second-order valence-corrected chi connectivity index (χ2v) is 9.97. The lowest BCUT2D eigenvalue weighted by atomic mass is 9.73. The van der Waals surface area contributed by atoms with Crippen LogP contribution in [-0.4, -0.2) is 46.7 Å². The lowest BCUT2D eigenvalue weighted by Crippen LogP contribution is -2.56. The molecule has 0 heterocycles. The molecule has 2 saturated carbocycles. The van der Waals surface area contributed by atoms with Crippen LogP contribution in [0, 0.1) is 0 Å². The molecule has 0 aliphatic heterocycles. The number of nitrogens with zero attached hydrogens (tertiary/aromatic N) is 1. The van der Waals surface area contributed by atoms with Crippen molar-refractivity contribution in [2.75, 3.05) is 13.1 Å². The lowest BCUT2D eigenvalue weighted by molar-refractivity contribution is -0.0654. The van der Waals surface area contributed by atoms with Gasteiger partial charge < -0.3 is 10.4 Å². The van der Waals surface area contributed by atoms with Gasteiger partial charge in [0, 0.05) is 30.1 Å². The fourth-order valence-corrected chi connectivity index (χ4v) is 5.49. The molecule has 2 N–H and O–H groups in total. The molecule has 0 bridgehead atoms. The van der Waals surface area contributed by atoms with Gasteiger partial charge in [-0.05, 0) is 67.1 Å². The van der Waals surface area contributed by atoms with E-state index in [-0.39, 0.29) is 11.9 Å². The summed E-state index contributed by atoms with van der Waals surface area (Å²) in [6.45, 7) is 4.22. The summed E-state index contributed by atoms with van der Waals surface area (Å²) >= 11 is 0. The second-order valence-electron chi connectivity index (χ2n) is 9.97. The van der Waals surface area contributed by atoms with E-state index < -0.39 is 5.60 Å². The van der Waals surface area contributed by atoms with Crippen LogP contribution in [0.15, 0.2) is 72.8 Å². The molecule has 4 heteroatoms. The van der Waals surface area contributed by atoms with Gasteiger partial charge in [0.15, 0.2) is 0 Å². The average Bonchev–Trinajstić information content (AvgIpc) is 3.62. The Morgan fingerprint density at radius 2 is 1.73 bits per heavy atom. The molecule has 2 aliphatic rings. The number of benzene rings is 3. The Morgan fingerprint density at radius 3 is 2.48 bits per heavy atom. The van der Waals surface area contributed by atoms with E-state index in [9.17, 15) is 9.90 Å². The maximum atomic E-state index is 12.7. The monoisotopic (exact) mass is 442 g/mol. The van der Waals surface area contributed by atoms with Gasteiger partial charge >= 0.3 is 0 Å². The number of hydrogen-bond donors (Lipinski definition) is 2. The Bertz CT molecular complexity index is 1110. The summed E-state index contributed by atoms with van der Waals surface area (Å²) in [4.78, 5) is 15.3. The van der Waals surface area contributed by atoms with Gasteiger partial charge in [-0.3, -0.25) is 9.69 Å². The molecule has 4 nitrogen and oxygen atoms in total. The molecule has 5 rings (SSSR count). The highest BCUT2D eigenvalue weighted by Gasteiger charge is 2.46. The SMILES string of the molecule is CCCN(CCC1(O)CC(NC(=O)c2ccc3ccccc3c2)C1)[C@@H]1C[C@H]1c1ccccc1. The van der Waals surface area contributed by atoms with Crippen LogP contribution >= 0.6 is 0 Å². The maximum Gasteiger partial charge on any atom is 0.251 e. The van der Waals surface area contributed by atoms with E-state index in [4.69, 9.17) is 0 Å². The molecule has 2 fully saturated rings. The third-order valence-electron chi connectivity index (χ3n) is 7.43. The number of hydrogen-bond acceptors (Lipinski definition) is 3. The minimum atomic E-state index is -0.662. The van der Waals surface area contributed by atoms with Gasteiger partial charge in [-0.15, -0.1) is 0 Å². The average molecular weight is 443 g/mol. The van der Waals surface area contributed by atoms with Crippen molar-refractivity contribution >= 4 is 16.7 Å². The highest BCUT2D eigenvalue weighted by atomic mass is 16.3. The Morgan fingerprint density at radius 1 is 1.00 bits per heavy atom. The number of aliphatic hydroxyl groups is 1. The van der Waals surface area contributed by atoms with Crippen LogP contribution in [0.5, 0.6) is 0 Å². The first kappa shape index (κ1) is 22.1. The first-order valence-corrected chi connectivity index (χ1v) is 12.4. The number of carbonyl (C=O) groups is 1. The summed E-state index contributed by atoms with van der Waals surface area (Å²) in [7, 11) is 0. The molecule has 0 spiro atoms. The van der Waals surface area contributed by atoms with Crippen molar-refractivity contribution < 1.29 is 9.90 Å². The molecule has 33 heavy (non-hydrogen) atoms. The predicted molar refractivity (Wildman–Crippen MR) is 133 cm³/mol. The van der Waals surface area contributed by atoms with Crippen LogP contribution < -0.4 is 5.32 Å². The summed E-state index contributed by atoms with van der Waals surface area (Å²) in [6.07, 6.45) is 4.39. The normalized spacial score (nSPS) is 26.2. The molecule has 2 atom stereocenters. The van der Waals surface area contributed by atoms with Gasteiger partial charge in [0.2, 0.25) is 0 Å². The van der Waals surface area contributed by atoms with Gasteiger partial charge in [-0.25, -0.2) is 0 Å². The van der Waals surface area contributed by atoms with Crippen molar-refractivity contribution in [1.29, 1.82) is 0 Å². The highest BCUT2D eigenvalue weighted by Crippen LogP contribution is 2.45. The van der Waals surface area contributed by atoms with Gasteiger partial charge in [0.25, 0.3) is 5.91 Å². The van der Waals surface area contributed by atoms with E-state index in [1.807, 2.05) is 36.4 Å². The van der Waals surface area contributed by atoms with Gasteiger partial charge in [0.1, 0.15) is 0 Å². The Balaban J connectivity index is 1.11. The standard InChI is InChI=1S/C29H34N2O2/c1-2-15-31(27-18-26(27)22-9-4-3-5-10-22)16-14-29(33)19-25(20-29)30-28(32)24-13-12-21-8-6-7-11-23(21)17-24/h3-13,17,25-27,33H,2,14-16,18-20H2,1H3,(H,30,32)/t25?,26-,27+,29?/m0/s1. The smallest absolute Gasteiger partial charge is 0.251 e. The number of fused-ring (bicyclic) bond motifs is 1. The molecule has 0 unspecified atom stereocenters. The first-order chi connectivity index (χ1) is 16.0. The zero-order valence-electron chi connectivity index (χ0n) is 19.4. The van der Waals surface area contributed by atoms with E-state index in [0.717, 1.165) is 36.7 Å². The molecule has 172 valence electrons. The Labute approximate surface area is 196 Å². The maximum absolute atomic E-state index is 12.7. The summed E-state index contributed by atoms with van der Waals surface area (Å²) in [5.74, 6) is 0.576.